The monoisotopic (exact) mass is 784 g/mol. The van der Waals surface area contributed by atoms with Gasteiger partial charge in [-0.3, -0.25) is 9.59 Å². The van der Waals surface area contributed by atoms with Crippen LogP contribution in [0.3, 0.4) is 0 Å². The van der Waals surface area contributed by atoms with E-state index >= 15 is 0 Å². The Morgan fingerprint density at radius 1 is 1.00 bits per heavy atom. The van der Waals surface area contributed by atoms with E-state index in [4.69, 9.17) is 10.5 Å². The normalized spacial score (nSPS) is 26.8. The van der Waals surface area contributed by atoms with Gasteiger partial charge in [-0.25, -0.2) is 13.1 Å². The van der Waals surface area contributed by atoms with E-state index in [0.29, 0.717) is 22.9 Å². The lowest BCUT2D eigenvalue weighted by atomic mass is 9.50. The number of rotatable bonds is 7. The van der Waals surface area contributed by atoms with Gasteiger partial charge in [0.2, 0.25) is 10.0 Å². The molecule has 4 N–H and O–H groups in total. The molecule has 7 rings (SSSR count). The summed E-state index contributed by atoms with van der Waals surface area (Å²) in [5.74, 6) is -0.466. The molecule has 0 radical (unpaired) electrons. The van der Waals surface area contributed by atoms with Gasteiger partial charge < -0.3 is 15.6 Å². The van der Waals surface area contributed by atoms with Gasteiger partial charge in [-0.15, -0.1) is 0 Å². The Kier molecular flexibility index (Phi) is 8.99. The number of aryl methyl sites for hydroxylation is 1. The number of nitrogens with one attached hydrogen (secondary N) is 1. The third-order valence-corrected chi connectivity index (χ3v) is 15.6. The van der Waals surface area contributed by atoms with Crippen LogP contribution in [0.4, 0.5) is 5.69 Å². The van der Waals surface area contributed by atoms with Crippen LogP contribution in [0.5, 0.6) is 11.5 Å². The third kappa shape index (κ3) is 5.69. The summed E-state index contributed by atoms with van der Waals surface area (Å²) in [5.41, 5.74) is 10.3. The van der Waals surface area contributed by atoms with Crippen molar-refractivity contribution in [3.05, 3.63) is 122 Å². The van der Waals surface area contributed by atoms with Crippen molar-refractivity contribution >= 4 is 43.2 Å². The number of nitrogens with two attached hydrogens (primary N) is 1. The van der Waals surface area contributed by atoms with Crippen LogP contribution in [-0.4, -0.2) is 36.4 Å². The van der Waals surface area contributed by atoms with Crippen LogP contribution in [0.1, 0.15) is 115 Å². The van der Waals surface area contributed by atoms with Crippen molar-refractivity contribution in [3.63, 3.8) is 0 Å². The summed E-state index contributed by atoms with van der Waals surface area (Å²) in [6.45, 7) is 11.0. The first-order valence-corrected chi connectivity index (χ1v) is 20.2. The zero-order valence-electron chi connectivity index (χ0n) is 30.2. The van der Waals surface area contributed by atoms with Crippen LogP contribution in [0.2, 0.25) is 0 Å². The second kappa shape index (κ2) is 12.8. The molecule has 3 aromatic carbocycles. The maximum Gasteiger partial charge on any atom is 0.225 e. The van der Waals surface area contributed by atoms with Crippen molar-refractivity contribution in [2.45, 2.75) is 82.8 Å². The third-order valence-electron chi connectivity index (χ3n) is 12.2. The Labute approximate surface area is 314 Å². The quantitative estimate of drug-likeness (QED) is 0.127. The molecule has 8 nitrogen and oxygen atoms in total. The number of anilines is 1. The van der Waals surface area contributed by atoms with E-state index in [1.807, 2.05) is 0 Å². The molecule has 0 amide bonds. The lowest BCUT2D eigenvalue weighted by Crippen LogP contribution is -2.54. The molecule has 0 aromatic heterocycles. The number of aromatic hydroxyl groups is 1. The number of sulfonamides is 1. The minimum atomic E-state index is -3.98. The first-order valence-electron chi connectivity index (χ1n) is 17.9. The number of phenols is 1. The summed E-state index contributed by atoms with van der Waals surface area (Å²) < 4.78 is 36.6. The molecule has 1 fully saturated rings. The number of benzene rings is 3. The molecule has 4 aliphatic rings. The van der Waals surface area contributed by atoms with Gasteiger partial charge in [0, 0.05) is 28.2 Å². The molecule has 4 unspecified atom stereocenters. The first-order chi connectivity index (χ1) is 24.5. The molecule has 52 heavy (non-hydrogen) atoms. The van der Waals surface area contributed by atoms with Gasteiger partial charge in [0.05, 0.1) is 16.8 Å². The van der Waals surface area contributed by atoms with Crippen LogP contribution >= 0.6 is 15.9 Å². The fourth-order valence-corrected chi connectivity index (χ4v) is 11.4. The van der Waals surface area contributed by atoms with Crippen LogP contribution < -0.4 is 15.2 Å². The number of fused-ring (bicyclic) bond motifs is 5. The molecular weight excluding hydrogens is 740 g/mol. The zero-order valence-corrected chi connectivity index (χ0v) is 32.6. The molecule has 0 saturated heterocycles. The second-order valence-corrected chi connectivity index (χ2v) is 18.8. The predicted molar refractivity (Wildman–Crippen MR) is 208 cm³/mol. The molecular formula is C42H45BrN2O6S. The Balaban J connectivity index is 1.11. The van der Waals surface area contributed by atoms with Gasteiger partial charge in [0.15, 0.2) is 17.3 Å². The number of carbonyl (C=O) groups is 2. The number of hydrogen-bond donors (Lipinski definition) is 3. The maximum atomic E-state index is 14.3. The van der Waals surface area contributed by atoms with E-state index in [1.54, 1.807) is 43.4 Å². The number of ether oxygens (including phenoxy) is 1. The summed E-state index contributed by atoms with van der Waals surface area (Å²) in [4.78, 5) is 26.6. The van der Waals surface area contributed by atoms with Crippen molar-refractivity contribution in [2.24, 2.45) is 11.3 Å². The van der Waals surface area contributed by atoms with Crippen LogP contribution in [0.15, 0.2) is 83.1 Å². The summed E-state index contributed by atoms with van der Waals surface area (Å²) in [5, 5.41) is 10.9. The van der Waals surface area contributed by atoms with Gasteiger partial charge >= 0.3 is 0 Å². The summed E-state index contributed by atoms with van der Waals surface area (Å²) >= 11 is 3.54. The largest absolute Gasteiger partial charge is 0.507 e. The van der Waals surface area contributed by atoms with Crippen molar-refractivity contribution in [2.75, 3.05) is 12.3 Å². The van der Waals surface area contributed by atoms with Crippen molar-refractivity contribution in [1.29, 1.82) is 0 Å². The molecule has 1 saturated carbocycles. The number of phenolic OH excluding ortho intramolecular Hbond substituents is 1. The van der Waals surface area contributed by atoms with Crippen LogP contribution in [0.25, 0.3) is 0 Å². The average molecular weight is 786 g/mol. The zero-order chi connectivity index (χ0) is 37.4. The highest BCUT2D eigenvalue weighted by Crippen LogP contribution is 2.57. The molecule has 10 heteroatoms. The maximum absolute atomic E-state index is 14.3. The molecule has 272 valence electrons. The Bertz CT molecular complexity index is 2240. The van der Waals surface area contributed by atoms with Crippen molar-refractivity contribution in [1.82, 2.24) is 4.72 Å². The first kappa shape index (κ1) is 36.4. The summed E-state index contributed by atoms with van der Waals surface area (Å²) in [7, 11) is -3.98. The molecule has 0 heterocycles. The number of halogens is 1. The highest BCUT2D eigenvalue weighted by molar-refractivity contribution is 9.12. The lowest BCUT2D eigenvalue weighted by molar-refractivity contribution is 0.0298. The molecule has 0 bridgehead atoms. The van der Waals surface area contributed by atoms with E-state index in [0.717, 1.165) is 32.1 Å². The van der Waals surface area contributed by atoms with Crippen LogP contribution in [0, 0.1) is 11.3 Å². The van der Waals surface area contributed by atoms with E-state index in [-0.39, 0.29) is 50.3 Å². The molecule has 4 atom stereocenters. The minimum Gasteiger partial charge on any atom is -0.507 e. The Morgan fingerprint density at radius 2 is 1.69 bits per heavy atom. The fourth-order valence-electron chi connectivity index (χ4n) is 9.09. The molecule has 3 aromatic rings. The molecule has 4 aliphatic carbocycles. The topological polar surface area (TPSA) is 136 Å². The van der Waals surface area contributed by atoms with Gasteiger partial charge in [-0.1, -0.05) is 98.6 Å². The number of nitrogen functional groups attached to an aromatic ring is 1. The van der Waals surface area contributed by atoms with Crippen LogP contribution in [-0.2, 0) is 21.9 Å². The van der Waals surface area contributed by atoms with Crippen molar-refractivity contribution in [3.8, 4) is 11.5 Å². The van der Waals surface area contributed by atoms with Gasteiger partial charge in [-0.05, 0) is 90.2 Å². The van der Waals surface area contributed by atoms with Gasteiger partial charge in [-0.2, -0.15) is 0 Å². The molecule has 0 spiro atoms. The van der Waals surface area contributed by atoms with E-state index in [9.17, 15) is 23.1 Å². The highest BCUT2D eigenvalue weighted by atomic mass is 79.9. The van der Waals surface area contributed by atoms with Gasteiger partial charge in [0.1, 0.15) is 16.3 Å². The number of hydrogen-bond acceptors (Lipinski definition) is 7. The van der Waals surface area contributed by atoms with E-state index in [1.165, 1.54) is 34.9 Å². The molecule has 0 aliphatic heterocycles. The van der Waals surface area contributed by atoms with Crippen molar-refractivity contribution < 1.29 is 27.9 Å². The average Bonchev–Trinajstić information content (AvgIpc) is 3.25. The summed E-state index contributed by atoms with van der Waals surface area (Å²) in [6, 6.07) is 14.6. The standard InChI is InChI=1S/C42H45BrN2O6S/c1-24(2)25-11-14-30-26(21-25)12-15-33-40(3,18-8-19-41(30,33)4)23-45-52(49,50)42(5)20-17-27(13-16-34(42)43)51-32-22-31(46)35-36(37(32)44)39(48)29-10-7-6-9-28(29)38(35)47/h6-7,9-11,13-14,16-17,20-22,24,33,45-46H,8,12,15,18-19,23,44H2,1-5H3. The highest BCUT2D eigenvalue weighted by Gasteiger charge is 2.52. The minimum absolute atomic E-state index is 0.0292. The summed E-state index contributed by atoms with van der Waals surface area (Å²) in [6.07, 6.45) is 11.3. The Hall–Kier alpha value is -3.99. The smallest absolute Gasteiger partial charge is 0.225 e. The second-order valence-electron chi connectivity index (χ2n) is 15.8. The SMILES string of the molecule is CC(C)c1ccc2c(c1)CCC1C(C)(CNS(=O)(=O)C3(C)C=CC(Oc4cc(O)c5c(c4N)C(=O)c4ccccc4C5=O)=CC=C3Br)CCCC21C. The predicted octanol–water partition coefficient (Wildman–Crippen LogP) is 8.37. The Morgan fingerprint density at radius 3 is 2.38 bits per heavy atom. The number of allylic oxidation sites excluding steroid dienone is 3. The van der Waals surface area contributed by atoms with E-state index in [2.05, 4.69) is 66.5 Å². The number of carbonyl (C=O) groups excluding carboxylic acids is 2. The van der Waals surface area contributed by atoms with Gasteiger partial charge in [0.25, 0.3) is 0 Å². The number of ketones is 2. The van der Waals surface area contributed by atoms with E-state index < -0.39 is 32.1 Å². The fraction of sp³-hybridized carbons (Fsp3) is 0.381. The lowest BCUT2D eigenvalue weighted by Gasteiger charge is -2.55.